The van der Waals surface area contributed by atoms with Crippen LogP contribution in [0.4, 0.5) is 0 Å². The number of carbonyl (C=O) groups is 1. The summed E-state index contributed by atoms with van der Waals surface area (Å²) in [7, 11) is 0. The molecule has 1 aromatic carbocycles. The molecule has 0 unspecified atom stereocenters. The van der Waals surface area contributed by atoms with Crippen LogP contribution in [0.2, 0.25) is 5.02 Å². The summed E-state index contributed by atoms with van der Waals surface area (Å²) in [6.45, 7) is 1.94. The maximum Gasteiger partial charge on any atom is 0.267 e. The number of rotatable bonds is 4. The molecule has 1 N–H and O–H groups in total. The van der Waals surface area contributed by atoms with E-state index < -0.39 is 0 Å². The molecule has 0 radical (unpaired) electrons. The third-order valence-electron chi connectivity index (χ3n) is 3.25. The van der Waals surface area contributed by atoms with Crippen molar-refractivity contribution in [1.82, 2.24) is 5.48 Å². The lowest BCUT2D eigenvalue weighted by molar-refractivity contribution is -0.132. The average molecular weight is 280 g/mol. The number of halogens is 1. The topological polar surface area (TPSA) is 38.3 Å². The number of nitrogens with one attached hydrogen (secondary N) is 1. The van der Waals surface area contributed by atoms with Gasteiger partial charge in [0.15, 0.2) is 0 Å². The molecule has 1 aromatic rings. The molecule has 0 spiro atoms. The van der Waals surface area contributed by atoms with Crippen LogP contribution in [0.25, 0.3) is 6.08 Å². The van der Waals surface area contributed by atoms with Gasteiger partial charge in [0, 0.05) is 11.1 Å². The first-order chi connectivity index (χ1) is 9.15. The van der Waals surface area contributed by atoms with E-state index in [2.05, 4.69) is 5.48 Å². The first kappa shape index (κ1) is 14.1. The monoisotopic (exact) mass is 279 g/mol. The van der Waals surface area contributed by atoms with Gasteiger partial charge in [-0.25, -0.2) is 5.48 Å². The molecule has 19 heavy (non-hydrogen) atoms. The van der Waals surface area contributed by atoms with E-state index >= 15 is 0 Å². The van der Waals surface area contributed by atoms with Crippen LogP contribution in [0.5, 0.6) is 0 Å². The Hall–Kier alpha value is -1.32. The third kappa shape index (κ3) is 4.37. The molecule has 0 aliphatic heterocycles. The van der Waals surface area contributed by atoms with Crippen LogP contribution >= 0.6 is 11.6 Å². The van der Waals surface area contributed by atoms with Gasteiger partial charge in [-0.3, -0.25) is 9.63 Å². The van der Waals surface area contributed by atoms with E-state index in [4.69, 9.17) is 16.4 Å². The fraction of sp³-hybridized carbons (Fsp3) is 0.400. The Bertz CT molecular complexity index is 479. The second-order valence-corrected chi connectivity index (χ2v) is 5.24. The van der Waals surface area contributed by atoms with Crippen molar-refractivity contribution in [2.75, 3.05) is 0 Å². The zero-order valence-electron chi connectivity index (χ0n) is 11.0. The molecule has 0 atom stereocenters. The quantitative estimate of drug-likeness (QED) is 0.675. The van der Waals surface area contributed by atoms with E-state index in [1.807, 2.05) is 25.1 Å². The highest BCUT2D eigenvalue weighted by atomic mass is 35.5. The van der Waals surface area contributed by atoms with Crippen LogP contribution in [-0.2, 0) is 9.63 Å². The summed E-state index contributed by atoms with van der Waals surface area (Å²) in [5, 5.41) is 0.699. The smallest absolute Gasteiger partial charge is 0.267 e. The van der Waals surface area contributed by atoms with Crippen LogP contribution in [0.15, 0.2) is 24.3 Å². The number of hydroxylamine groups is 1. The summed E-state index contributed by atoms with van der Waals surface area (Å²) in [6.07, 6.45) is 7.76. The van der Waals surface area contributed by atoms with E-state index in [0.29, 0.717) is 5.02 Å². The number of carbonyl (C=O) groups excluding carboxylic acids is 1. The van der Waals surface area contributed by atoms with Crippen molar-refractivity contribution in [2.24, 2.45) is 0 Å². The summed E-state index contributed by atoms with van der Waals surface area (Å²) in [6, 6.07) is 5.68. The molecule has 0 aromatic heterocycles. The summed E-state index contributed by atoms with van der Waals surface area (Å²) in [4.78, 5) is 16.9. The minimum absolute atomic E-state index is 0.172. The lowest BCUT2D eigenvalue weighted by Gasteiger charge is -2.09. The Morgan fingerprint density at radius 2 is 2.16 bits per heavy atom. The van der Waals surface area contributed by atoms with Crippen molar-refractivity contribution in [3.05, 3.63) is 40.4 Å². The van der Waals surface area contributed by atoms with Crippen molar-refractivity contribution in [3.63, 3.8) is 0 Å². The Kier molecular flexibility index (Phi) is 5.00. The SMILES string of the molecule is Cc1ccc(/C=C/C(=O)NOC2CCCC2)cc1Cl. The van der Waals surface area contributed by atoms with Gasteiger partial charge in [0.05, 0.1) is 6.10 Å². The molecule has 3 nitrogen and oxygen atoms in total. The van der Waals surface area contributed by atoms with Crippen LogP contribution in [0, 0.1) is 6.92 Å². The molecular formula is C15H18ClNO2. The van der Waals surface area contributed by atoms with Gasteiger partial charge in [-0.15, -0.1) is 0 Å². The third-order valence-corrected chi connectivity index (χ3v) is 3.66. The molecule has 2 rings (SSSR count). The van der Waals surface area contributed by atoms with Gasteiger partial charge in [0.1, 0.15) is 0 Å². The van der Waals surface area contributed by atoms with Gasteiger partial charge in [-0.1, -0.05) is 36.6 Å². The van der Waals surface area contributed by atoms with E-state index in [-0.39, 0.29) is 12.0 Å². The summed E-state index contributed by atoms with van der Waals surface area (Å²) in [5.41, 5.74) is 4.38. The van der Waals surface area contributed by atoms with Crippen molar-refractivity contribution in [1.29, 1.82) is 0 Å². The van der Waals surface area contributed by atoms with Crippen molar-refractivity contribution < 1.29 is 9.63 Å². The number of hydrogen-bond donors (Lipinski definition) is 1. The van der Waals surface area contributed by atoms with Crippen LogP contribution < -0.4 is 5.48 Å². The van der Waals surface area contributed by atoms with E-state index in [1.54, 1.807) is 6.08 Å². The molecule has 102 valence electrons. The first-order valence-electron chi connectivity index (χ1n) is 6.55. The van der Waals surface area contributed by atoms with Gasteiger partial charge in [0.2, 0.25) is 0 Å². The van der Waals surface area contributed by atoms with Gasteiger partial charge < -0.3 is 0 Å². The van der Waals surface area contributed by atoms with Gasteiger partial charge >= 0.3 is 0 Å². The maximum atomic E-state index is 11.6. The molecule has 1 aliphatic rings. The fourth-order valence-electron chi connectivity index (χ4n) is 2.07. The van der Waals surface area contributed by atoms with Crippen molar-refractivity contribution in [3.8, 4) is 0 Å². The minimum Gasteiger partial charge on any atom is -0.270 e. The van der Waals surface area contributed by atoms with E-state index in [9.17, 15) is 4.79 Å². The molecule has 1 saturated carbocycles. The molecule has 1 fully saturated rings. The van der Waals surface area contributed by atoms with E-state index in [0.717, 1.165) is 24.0 Å². The average Bonchev–Trinajstić information content (AvgIpc) is 2.91. The molecule has 1 aliphatic carbocycles. The van der Waals surface area contributed by atoms with Crippen molar-refractivity contribution in [2.45, 2.75) is 38.7 Å². The largest absolute Gasteiger partial charge is 0.270 e. The standard InChI is InChI=1S/C15H18ClNO2/c1-11-6-7-12(10-14(11)16)8-9-15(18)17-19-13-4-2-3-5-13/h6-10,13H,2-5H2,1H3,(H,17,18)/b9-8+. The van der Waals surface area contributed by atoms with Gasteiger partial charge in [0.25, 0.3) is 5.91 Å². The lowest BCUT2D eigenvalue weighted by atomic mass is 10.1. The Morgan fingerprint density at radius 3 is 2.84 bits per heavy atom. The van der Waals surface area contributed by atoms with Crippen molar-refractivity contribution >= 4 is 23.6 Å². The van der Waals surface area contributed by atoms with Gasteiger partial charge in [-0.05, 0) is 43.0 Å². The second-order valence-electron chi connectivity index (χ2n) is 4.83. The number of aryl methyl sites for hydroxylation is 1. The molecule has 0 heterocycles. The summed E-state index contributed by atoms with van der Waals surface area (Å²) >= 11 is 6.02. The maximum absolute atomic E-state index is 11.6. The molecule has 0 saturated heterocycles. The predicted octanol–water partition coefficient (Wildman–Crippen LogP) is 3.65. The Labute approximate surface area is 118 Å². The Balaban J connectivity index is 1.83. The number of amides is 1. The molecule has 0 bridgehead atoms. The zero-order valence-corrected chi connectivity index (χ0v) is 11.7. The zero-order chi connectivity index (χ0) is 13.7. The minimum atomic E-state index is -0.247. The highest BCUT2D eigenvalue weighted by molar-refractivity contribution is 6.31. The van der Waals surface area contributed by atoms with Gasteiger partial charge in [-0.2, -0.15) is 0 Å². The first-order valence-corrected chi connectivity index (χ1v) is 6.93. The van der Waals surface area contributed by atoms with Crippen LogP contribution in [-0.4, -0.2) is 12.0 Å². The predicted molar refractivity (Wildman–Crippen MR) is 76.7 cm³/mol. The highest BCUT2D eigenvalue weighted by Crippen LogP contribution is 2.20. The Morgan fingerprint density at radius 1 is 1.42 bits per heavy atom. The van der Waals surface area contributed by atoms with E-state index in [1.165, 1.54) is 18.9 Å². The normalized spacial score (nSPS) is 16.1. The summed E-state index contributed by atoms with van der Waals surface area (Å²) in [5.74, 6) is -0.247. The number of hydrogen-bond acceptors (Lipinski definition) is 2. The second kappa shape index (κ2) is 6.73. The molecule has 4 heteroatoms. The summed E-state index contributed by atoms with van der Waals surface area (Å²) < 4.78 is 0. The molecule has 1 amide bonds. The fourth-order valence-corrected chi connectivity index (χ4v) is 2.26. The number of benzene rings is 1. The highest BCUT2D eigenvalue weighted by Gasteiger charge is 2.16. The lowest BCUT2D eigenvalue weighted by Crippen LogP contribution is -2.26. The van der Waals surface area contributed by atoms with Crippen LogP contribution in [0.1, 0.15) is 36.8 Å². The van der Waals surface area contributed by atoms with Crippen LogP contribution in [0.3, 0.4) is 0 Å². The molecular weight excluding hydrogens is 262 g/mol.